The molecule has 0 radical (unpaired) electrons. The largest absolute Gasteiger partial charge is 0.466 e. The first-order valence-corrected chi connectivity index (χ1v) is 16.7. The number of hydrogen-bond acceptors (Lipinski definition) is 7. The van der Waals surface area contributed by atoms with E-state index in [1.807, 2.05) is 24.6 Å². The standard InChI is InChI=1S/C32H31ClFN5O4S/c1-3-43-32(40)24-12-19-5-4-6-20(11-19)28(24)38-17-27(33)25-15-35-29(37-31(25)38)26-16-39(30-23(26)13-21(34)14-36-30)44(41,42)22-9-7-18(2)8-10-22/h7-10,13-17,19-20,24,28H,3-6,11-12H2,1-2H3/t19?,20?,24-,28-/m0/s1. The fourth-order valence-corrected chi connectivity index (χ4v) is 8.74. The Morgan fingerprint density at radius 3 is 2.64 bits per heavy atom. The van der Waals surface area contributed by atoms with Gasteiger partial charge in [0, 0.05) is 29.5 Å². The van der Waals surface area contributed by atoms with Gasteiger partial charge in [0.1, 0.15) is 11.5 Å². The lowest BCUT2D eigenvalue weighted by atomic mass is 9.65. The molecule has 44 heavy (non-hydrogen) atoms. The first-order chi connectivity index (χ1) is 21.2. The minimum Gasteiger partial charge on any atom is -0.466 e. The molecule has 2 saturated carbocycles. The van der Waals surface area contributed by atoms with Gasteiger partial charge in [-0.05, 0) is 63.1 Å². The highest BCUT2D eigenvalue weighted by Gasteiger charge is 2.45. The number of rotatable bonds is 6. The summed E-state index contributed by atoms with van der Waals surface area (Å²) in [4.78, 5) is 26.9. The van der Waals surface area contributed by atoms with E-state index in [1.165, 1.54) is 24.4 Å². The molecule has 7 rings (SSSR count). The summed E-state index contributed by atoms with van der Waals surface area (Å²) in [7, 11) is -4.08. The monoisotopic (exact) mass is 635 g/mol. The molecule has 0 amide bonds. The fourth-order valence-electron chi connectivity index (χ4n) is 7.18. The Hall–Kier alpha value is -3.83. The fraction of sp³-hybridized carbons (Fsp3) is 0.375. The van der Waals surface area contributed by atoms with Gasteiger partial charge in [-0.2, -0.15) is 0 Å². The zero-order chi connectivity index (χ0) is 30.7. The third kappa shape index (κ3) is 4.77. The average molecular weight is 636 g/mol. The number of carbonyl (C=O) groups is 1. The SMILES string of the molecule is CCOC(=O)[C@H]1CC2CCCC(C2)[C@@H]1n1cc(Cl)c2cnc(-c3cn(S(=O)(=O)c4ccc(C)cc4)c4ncc(F)cc34)nc21. The van der Waals surface area contributed by atoms with E-state index in [0.29, 0.717) is 34.1 Å². The van der Waals surface area contributed by atoms with Gasteiger partial charge in [0.2, 0.25) is 0 Å². The first-order valence-electron chi connectivity index (χ1n) is 14.8. The maximum Gasteiger partial charge on any atom is 0.311 e. The van der Waals surface area contributed by atoms with Crippen molar-refractivity contribution in [2.75, 3.05) is 6.61 Å². The Kier molecular flexibility index (Phi) is 7.20. The average Bonchev–Trinajstić information content (AvgIpc) is 3.55. The van der Waals surface area contributed by atoms with Gasteiger partial charge in [0.25, 0.3) is 10.0 Å². The maximum atomic E-state index is 14.5. The molecule has 228 valence electrons. The summed E-state index contributed by atoms with van der Waals surface area (Å²) in [5, 5.41) is 1.31. The van der Waals surface area contributed by atoms with Gasteiger partial charge < -0.3 is 9.30 Å². The third-order valence-electron chi connectivity index (χ3n) is 9.14. The molecule has 12 heteroatoms. The second-order valence-corrected chi connectivity index (χ2v) is 14.1. The zero-order valence-electron chi connectivity index (χ0n) is 24.3. The lowest BCUT2D eigenvalue weighted by Gasteiger charge is -2.44. The topological polar surface area (TPSA) is 109 Å². The van der Waals surface area contributed by atoms with Crippen molar-refractivity contribution in [2.24, 2.45) is 17.8 Å². The number of carbonyl (C=O) groups excluding carboxylic acids is 1. The highest BCUT2D eigenvalue weighted by molar-refractivity contribution is 7.90. The van der Waals surface area contributed by atoms with Crippen LogP contribution >= 0.6 is 11.6 Å². The van der Waals surface area contributed by atoms with Gasteiger partial charge in [-0.3, -0.25) is 4.79 Å². The Morgan fingerprint density at radius 1 is 1.07 bits per heavy atom. The van der Waals surface area contributed by atoms with Crippen LogP contribution < -0.4 is 0 Å². The molecule has 0 spiro atoms. The van der Waals surface area contributed by atoms with E-state index in [4.69, 9.17) is 21.3 Å². The van der Waals surface area contributed by atoms with Crippen molar-refractivity contribution in [3.8, 4) is 11.4 Å². The van der Waals surface area contributed by atoms with Crippen LogP contribution in [0.2, 0.25) is 5.02 Å². The smallest absolute Gasteiger partial charge is 0.311 e. The molecule has 2 bridgehead atoms. The van der Waals surface area contributed by atoms with Gasteiger partial charge in [0.05, 0.1) is 40.1 Å². The van der Waals surface area contributed by atoms with E-state index in [-0.39, 0.29) is 45.6 Å². The molecule has 2 aliphatic rings. The van der Waals surface area contributed by atoms with Crippen molar-refractivity contribution >= 4 is 49.7 Å². The van der Waals surface area contributed by atoms with Crippen LogP contribution in [0.5, 0.6) is 0 Å². The minimum atomic E-state index is -4.08. The number of esters is 1. The van der Waals surface area contributed by atoms with Crippen LogP contribution in [0.4, 0.5) is 4.39 Å². The molecule has 2 aliphatic carbocycles. The van der Waals surface area contributed by atoms with Crippen molar-refractivity contribution in [1.29, 1.82) is 0 Å². The molecule has 5 aromatic rings. The highest BCUT2D eigenvalue weighted by atomic mass is 35.5. The Morgan fingerprint density at radius 2 is 1.86 bits per heavy atom. The molecule has 4 heterocycles. The van der Waals surface area contributed by atoms with Crippen LogP contribution in [-0.2, 0) is 19.6 Å². The van der Waals surface area contributed by atoms with Crippen LogP contribution in [0.3, 0.4) is 0 Å². The summed E-state index contributed by atoms with van der Waals surface area (Å²) in [6.45, 7) is 3.98. The summed E-state index contributed by atoms with van der Waals surface area (Å²) in [5.41, 5.74) is 1.80. The molecular formula is C32H31ClFN5O4S. The predicted octanol–water partition coefficient (Wildman–Crippen LogP) is 6.72. The highest BCUT2D eigenvalue weighted by Crippen LogP contribution is 2.50. The summed E-state index contributed by atoms with van der Waals surface area (Å²) in [6, 6.07) is 7.51. The lowest BCUT2D eigenvalue weighted by molar-refractivity contribution is -0.153. The normalized spacial score (nSPS) is 22.0. The number of nitrogens with zero attached hydrogens (tertiary/aromatic N) is 5. The van der Waals surface area contributed by atoms with Gasteiger partial charge in [0.15, 0.2) is 11.5 Å². The summed E-state index contributed by atoms with van der Waals surface area (Å²) < 4.78 is 50.6. The molecule has 0 aliphatic heterocycles. The summed E-state index contributed by atoms with van der Waals surface area (Å²) in [6.07, 6.45) is 10.7. The number of halogens is 2. The number of fused-ring (bicyclic) bond motifs is 4. The molecule has 2 unspecified atom stereocenters. The lowest BCUT2D eigenvalue weighted by Crippen LogP contribution is -2.41. The van der Waals surface area contributed by atoms with Crippen molar-refractivity contribution in [3.05, 3.63) is 71.5 Å². The van der Waals surface area contributed by atoms with E-state index < -0.39 is 15.8 Å². The molecule has 4 aromatic heterocycles. The van der Waals surface area contributed by atoms with E-state index in [0.717, 1.165) is 47.8 Å². The summed E-state index contributed by atoms with van der Waals surface area (Å²) >= 11 is 6.72. The Bertz CT molecular complexity index is 2020. The van der Waals surface area contributed by atoms with E-state index in [1.54, 1.807) is 18.3 Å². The molecule has 0 saturated heterocycles. The quantitative estimate of drug-likeness (QED) is 0.191. The van der Waals surface area contributed by atoms with Crippen molar-refractivity contribution in [3.63, 3.8) is 0 Å². The van der Waals surface area contributed by atoms with Crippen LogP contribution in [-0.4, -0.2) is 44.5 Å². The molecular weight excluding hydrogens is 605 g/mol. The number of ether oxygens (including phenoxy) is 1. The Balaban J connectivity index is 1.39. The minimum absolute atomic E-state index is 0.0574. The van der Waals surface area contributed by atoms with Gasteiger partial charge in [-0.15, -0.1) is 0 Å². The third-order valence-corrected chi connectivity index (χ3v) is 11.1. The van der Waals surface area contributed by atoms with Gasteiger partial charge in [-0.25, -0.2) is 31.7 Å². The Labute approximate surface area is 259 Å². The molecule has 2 fully saturated rings. The van der Waals surface area contributed by atoms with Gasteiger partial charge >= 0.3 is 5.97 Å². The van der Waals surface area contributed by atoms with Crippen molar-refractivity contribution in [2.45, 2.75) is 56.9 Å². The van der Waals surface area contributed by atoms with Crippen LogP contribution in [0, 0.1) is 30.5 Å². The van der Waals surface area contributed by atoms with Crippen LogP contribution in [0.1, 0.15) is 50.6 Å². The second kappa shape index (κ2) is 11.0. The molecule has 4 atom stereocenters. The van der Waals surface area contributed by atoms with E-state index in [2.05, 4.69) is 9.97 Å². The zero-order valence-corrected chi connectivity index (χ0v) is 25.9. The number of hydrogen-bond donors (Lipinski definition) is 0. The number of aryl methyl sites for hydroxylation is 1. The van der Waals surface area contributed by atoms with Crippen LogP contribution in [0.15, 0.2) is 60.0 Å². The van der Waals surface area contributed by atoms with Crippen molar-refractivity contribution < 1.29 is 22.3 Å². The van der Waals surface area contributed by atoms with E-state index >= 15 is 0 Å². The van der Waals surface area contributed by atoms with Crippen molar-refractivity contribution in [1.82, 2.24) is 23.5 Å². The number of aromatic nitrogens is 5. The molecule has 1 aromatic carbocycles. The summed E-state index contributed by atoms with van der Waals surface area (Å²) in [5.74, 6) is -0.263. The number of pyridine rings is 1. The molecule has 9 nitrogen and oxygen atoms in total. The predicted molar refractivity (Wildman–Crippen MR) is 164 cm³/mol. The second-order valence-electron chi connectivity index (χ2n) is 11.9. The maximum absolute atomic E-state index is 14.5. The molecule has 0 N–H and O–H groups in total. The number of benzene rings is 1. The first kappa shape index (κ1) is 28.9. The van der Waals surface area contributed by atoms with Crippen LogP contribution in [0.25, 0.3) is 33.5 Å². The van der Waals surface area contributed by atoms with Gasteiger partial charge in [-0.1, -0.05) is 42.1 Å². The van der Waals surface area contributed by atoms with E-state index in [9.17, 15) is 17.6 Å².